The molecule has 3 aromatic heterocycles. The lowest BCUT2D eigenvalue weighted by Gasteiger charge is -2.27. The number of hydrogen-bond acceptors (Lipinski definition) is 7. The van der Waals surface area contributed by atoms with Crippen LogP contribution in [0, 0.1) is 0 Å². The molecule has 1 fully saturated rings. The summed E-state index contributed by atoms with van der Waals surface area (Å²) in [5, 5.41) is 5.65. The highest BCUT2D eigenvalue weighted by atomic mass is 16.5. The molecule has 1 aliphatic heterocycles. The zero-order valence-electron chi connectivity index (χ0n) is 18.1. The lowest BCUT2D eigenvalue weighted by Crippen LogP contribution is -2.37. The minimum absolute atomic E-state index is 0.693. The molecule has 0 radical (unpaired) electrons. The molecule has 5 rings (SSSR count). The number of H-pyrrole nitrogens is 1. The summed E-state index contributed by atoms with van der Waals surface area (Å²) >= 11 is 0. The third-order valence-electron chi connectivity index (χ3n) is 5.99. The molecule has 1 aliphatic rings. The van der Waals surface area contributed by atoms with Gasteiger partial charge in [-0.2, -0.15) is 10.1 Å². The minimum Gasteiger partial charge on any atom is -0.378 e. The lowest BCUT2D eigenvalue weighted by molar-refractivity contribution is 0.122. The molecular weight excluding hydrogens is 392 g/mol. The van der Waals surface area contributed by atoms with E-state index in [2.05, 4.69) is 50.8 Å². The largest absolute Gasteiger partial charge is 0.378 e. The van der Waals surface area contributed by atoms with Crippen molar-refractivity contribution >= 4 is 28.0 Å². The van der Waals surface area contributed by atoms with Gasteiger partial charge in [-0.15, -0.1) is 0 Å². The standard InChI is InChI=1S/C22H28N8O/c1-3-28(4-2)7-8-30-21-17(14-25-30)20(16-5-6-18-19(13-16)24-15-23-18)26-22(27-21)29-9-11-31-12-10-29/h5-6,13-15H,3-4,7-12H2,1-2H3,(H,23,24). The molecule has 0 spiro atoms. The molecule has 0 amide bonds. The molecule has 0 bridgehead atoms. The van der Waals surface area contributed by atoms with E-state index in [1.54, 1.807) is 6.33 Å². The first kappa shape index (κ1) is 19.9. The molecule has 1 aromatic carbocycles. The average molecular weight is 421 g/mol. The number of nitrogens with one attached hydrogen (secondary N) is 1. The number of morpholine rings is 1. The number of aromatic nitrogens is 6. The molecule has 1 saturated heterocycles. The van der Waals surface area contributed by atoms with Crippen molar-refractivity contribution in [3.05, 3.63) is 30.7 Å². The Bertz CT molecular complexity index is 1170. The lowest BCUT2D eigenvalue weighted by atomic mass is 10.1. The third kappa shape index (κ3) is 3.86. The van der Waals surface area contributed by atoms with Crippen LogP contribution in [-0.2, 0) is 11.3 Å². The first-order chi connectivity index (χ1) is 15.3. The van der Waals surface area contributed by atoms with Crippen molar-refractivity contribution in [2.24, 2.45) is 0 Å². The maximum absolute atomic E-state index is 5.53. The van der Waals surface area contributed by atoms with Gasteiger partial charge in [-0.3, -0.25) is 0 Å². The van der Waals surface area contributed by atoms with Crippen molar-refractivity contribution in [2.45, 2.75) is 20.4 Å². The molecular formula is C22H28N8O. The van der Waals surface area contributed by atoms with Crippen LogP contribution in [0.4, 0.5) is 5.95 Å². The Hall–Kier alpha value is -3.04. The van der Waals surface area contributed by atoms with E-state index in [-0.39, 0.29) is 0 Å². The molecule has 0 unspecified atom stereocenters. The zero-order valence-corrected chi connectivity index (χ0v) is 18.1. The second-order valence-electron chi connectivity index (χ2n) is 7.74. The molecule has 0 atom stereocenters. The first-order valence-corrected chi connectivity index (χ1v) is 11.0. The Morgan fingerprint density at radius 3 is 2.77 bits per heavy atom. The van der Waals surface area contributed by atoms with Gasteiger partial charge in [0.05, 0.1) is 54.4 Å². The maximum atomic E-state index is 5.53. The van der Waals surface area contributed by atoms with Gasteiger partial charge in [0.2, 0.25) is 5.95 Å². The van der Waals surface area contributed by atoms with Gasteiger partial charge in [0, 0.05) is 25.2 Å². The van der Waals surface area contributed by atoms with E-state index in [9.17, 15) is 0 Å². The Morgan fingerprint density at radius 2 is 1.97 bits per heavy atom. The van der Waals surface area contributed by atoms with E-state index in [1.807, 2.05) is 16.9 Å². The maximum Gasteiger partial charge on any atom is 0.228 e. The molecule has 0 aliphatic carbocycles. The van der Waals surface area contributed by atoms with Crippen molar-refractivity contribution < 1.29 is 4.74 Å². The van der Waals surface area contributed by atoms with Gasteiger partial charge in [0.25, 0.3) is 0 Å². The number of rotatable bonds is 7. The Labute approximate surface area is 181 Å². The van der Waals surface area contributed by atoms with Gasteiger partial charge in [-0.25, -0.2) is 14.6 Å². The number of anilines is 1. The third-order valence-corrected chi connectivity index (χ3v) is 5.99. The number of hydrogen-bond donors (Lipinski definition) is 1. The summed E-state index contributed by atoms with van der Waals surface area (Å²) in [6, 6.07) is 6.19. The smallest absolute Gasteiger partial charge is 0.228 e. The van der Waals surface area contributed by atoms with E-state index >= 15 is 0 Å². The summed E-state index contributed by atoms with van der Waals surface area (Å²) in [5.41, 5.74) is 4.74. The van der Waals surface area contributed by atoms with E-state index in [1.165, 1.54) is 0 Å². The molecule has 9 nitrogen and oxygen atoms in total. The van der Waals surface area contributed by atoms with Crippen LogP contribution in [0.1, 0.15) is 13.8 Å². The fourth-order valence-electron chi connectivity index (χ4n) is 4.09. The first-order valence-electron chi connectivity index (χ1n) is 11.0. The second kappa shape index (κ2) is 8.60. The number of nitrogens with zero attached hydrogens (tertiary/aromatic N) is 7. The average Bonchev–Trinajstić information content (AvgIpc) is 3.46. The van der Waals surface area contributed by atoms with Gasteiger partial charge in [0.15, 0.2) is 5.65 Å². The summed E-state index contributed by atoms with van der Waals surface area (Å²) in [4.78, 5) is 22.1. The van der Waals surface area contributed by atoms with Crippen LogP contribution in [0.15, 0.2) is 30.7 Å². The van der Waals surface area contributed by atoms with Crippen LogP contribution in [0.3, 0.4) is 0 Å². The van der Waals surface area contributed by atoms with Gasteiger partial charge in [-0.05, 0) is 25.2 Å². The fourth-order valence-corrected chi connectivity index (χ4v) is 4.09. The van der Waals surface area contributed by atoms with E-state index in [4.69, 9.17) is 14.7 Å². The molecule has 0 saturated carbocycles. The van der Waals surface area contributed by atoms with Crippen LogP contribution >= 0.6 is 0 Å². The topological polar surface area (TPSA) is 88.0 Å². The van der Waals surface area contributed by atoms with Crippen molar-refractivity contribution in [3.8, 4) is 11.3 Å². The predicted molar refractivity (Wildman–Crippen MR) is 121 cm³/mol. The molecule has 4 aromatic rings. The Kier molecular flexibility index (Phi) is 5.52. The minimum atomic E-state index is 0.693. The van der Waals surface area contributed by atoms with Crippen LogP contribution < -0.4 is 4.90 Å². The number of fused-ring (bicyclic) bond motifs is 2. The quantitative estimate of drug-likeness (QED) is 0.492. The number of likely N-dealkylation sites (N-methyl/N-ethyl adjacent to an activating group) is 1. The summed E-state index contributed by atoms with van der Waals surface area (Å²) in [5.74, 6) is 0.736. The van der Waals surface area contributed by atoms with Crippen LogP contribution in [0.2, 0.25) is 0 Å². The van der Waals surface area contributed by atoms with E-state index in [0.29, 0.717) is 13.2 Å². The highest BCUT2D eigenvalue weighted by Crippen LogP contribution is 2.30. The highest BCUT2D eigenvalue weighted by Gasteiger charge is 2.20. The van der Waals surface area contributed by atoms with Crippen molar-refractivity contribution in [1.82, 2.24) is 34.6 Å². The van der Waals surface area contributed by atoms with E-state index < -0.39 is 0 Å². The van der Waals surface area contributed by atoms with Crippen molar-refractivity contribution in [1.29, 1.82) is 0 Å². The van der Waals surface area contributed by atoms with Gasteiger partial charge in [0.1, 0.15) is 0 Å². The fraction of sp³-hybridized carbons (Fsp3) is 0.455. The molecule has 9 heteroatoms. The highest BCUT2D eigenvalue weighted by molar-refractivity contribution is 5.93. The zero-order chi connectivity index (χ0) is 21.2. The second-order valence-corrected chi connectivity index (χ2v) is 7.74. The number of imidazole rings is 1. The summed E-state index contributed by atoms with van der Waals surface area (Å²) < 4.78 is 7.54. The number of aromatic amines is 1. The number of ether oxygens (including phenoxy) is 1. The Morgan fingerprint density at radius 1 is 1.13 bits per heavy atom. The normalized spacial score (nSPS) is 14.9. The summed E-state index contributed by atoms with van der Waals surface area (Å²) in [6.45, 7) is 11.1. The van der Waals surface area contributed by atoms with Gasteiger partial charge in [-0.1, -0.05) is 19.9 Å². The predicted octanol–water partition coefficient (Wildman–Crippen LogP) is 2.55. The van der Waals surface area contributed by atoms with Crippen LogP contribution in [0.25, 0.3) is 33.3 Å². The van der Waals surface area contributed by atoms with E-state index in [0.717, 1.165) is 78.5 Å². The summed E-state index contributed by atoms with van der Waals surface area (Å²) in [7, 11) is 0. The summed E-state index contributed by atoms with van der Waals surface area (Å²) in [6.07, 6.45) is 3.61. The van der Waals surface area contributed by atoms with Crippen LogP contribution in [0.5, 0.6) is 0 Å². The van der Waals surface area contributed by atoms with Gasteiger partial charge < -0.3 is 19.5 Å². The monoisotopic (exact) mass is 420 g/mol. The van der Waals surface area contributed by atoms with Crippen molar-refractivity contribution in [3.63, 3.8) is 0 Å². The molecule has 31 heavy (non-hydrogen) atoms. The molecule has 4 heterocycles. The van der Waals surface area contributed by atoms with Crippen molar-refractivity contribution in [2.75, 3.05) is 50.8 Å². The molecule has 1 N–H and O–H groups in total. The van der Waals surface area contributed by atoms with Crippen LogP contribution in [-0.4, -0.2) is 80.6 Å². The SMILES string of the molecule is CCN(CC)CCn1ncc2c(-c3ccc4nc[nH]c4c3)nc(N3CCOCC3)nc21. The van der Waals surface area contributed by atoms with Gasteiger partial charge >= 0.3 is 0 Å². The molecule has 162 valence electrons. The Balaban J connectivity index is 1.60. The number of benzene rings is 1.